The summed E-state index contributed by atoms with van der Waals surface area (Å²) < 4.78 is 0. The summed E-state index contributed by atoms with van der Waals surface area (Å²) in [6, 6.07) is -1.81. The fourth-order valence-corrected chi connectivity index (χ4v) is 1.23. The molecule has 0 aliphatic carbocycles. The van der Waals surface area contributed by atoms with Gasteiger partial charge in [0.05, 0.1) is 0 Å². The van der Waals surface area contributed by atoms with Gasteiger partial charge in [-0.1, -0.05) is 6.92 Å². The lowest BCUT2D eigenvalue weighted by Gasteiger charge is -2.27. The van der Waals surface area contributed by atoms with E-state index in [1.807, 2.05) is 0 Å². The van der Waals surface area contributed by atoms with Crippen molar-refractivity contribution >= 4 is 17.9 Å². The van der Waals surface area contributed by atoms with Crippen LogP contribution in [0.25, 0.3) is 0 Å². The number of hydrogen-bond acceptors (Lipinski definition) is 3. The van der Waals surface area contributed by atoms with E-state index in [2.05, 4.69) is 5.32 Å². The van der Waals surface area contributed by atoms with E-state index in [1.54, 1.807) is 20.8 Å². The van der Waals surface area contributed by atoms with E-state index in [4.69, 9.17) is 10.8 Å². The second-order valence-electron chi connectivity index (χ2n) is 3.94. The zero-order chi connectivity index (χ0) is 13.6. The number of rotatable bonds is 6. The van der Waals surface area contributed by atoms with Crippen LogP contribution >= 0.6 is 0 Å². The molecule has 0 aromatic carbocycles. The van der Waals surface area contributed by atoms with Gasteiger partial charge in [0.1, 0.15) is 12.6 Å². The minimum atomic E-state index is -1.11. The summed E-state index contributed by atoms with van der Waals surface area (Å²) in [6.45, 7) is 4.83. The molecule has 0 saturated heterocycles. The van der Waals surface area contributed by atoms with Crippen LogP contribution < -0.4 is 11.1 Å². The second kappa shape index (κ2) is 6.72. The number of carbonyl (C=O) groups excluding carboxylic acids is 2. The summed E-state index contributed by atoms with van der Waals surface area (Å²) in [5.41, 5.74) is 5.02. The number of primary amides is 1. The normalized spacial score (nSPS) is 12.0. The summed E-state index contributed by atoms with van der Waals surface area (Å²) >= 11 is 0. The number of nitrogens with zero attached hydrogens (tertiary/aromatic N) is 1. The Balaban J connectivity index is 4.62. The topological polar surface area (TPSA) is 113 Å². The highest BCUT2D eigenvalue weighted by Gasteiger charge is 2.24. The van der Waals surface area contributed by atoms with Crippen molar-refractivity contribution in [3.8, 4) is 0 Å². The molecule has 0 spiro atoms. The molecule has 4 N–H and O–H groups in total. The van der Waals surface area contributed by atoms with Crippen molar-refractivity contribution in [1.29, 1.82) is 0 Å². The molecule has 0 fully saturated rings. The number of carboxylic acids is 1. The first-order chi connectivity index (χ1) is 7.79. The van der Waals surface area contributed by atoms with Gasteiger partial charge in [-0.05, 0) is 20.3 Å². The molecule has 0 aliphatic rings. The number of aliphatic carboxylic acids is 1. The molecule has 1 unspecified atom stereocenters. The van der Waals surface area contributed by atoms with Gasteiger partial charge >= 0.3 is 12.0 Å². The Bertz CT molecular complexity index is 304. The van der Waals surface area contributed by atoms with Crippen molar-refractivity contribution in [2.45, 2.75) is 39.3 Å². The van der Waals surface area contributed by atoms with Gasteiger partial charge in [0.25, 0.3) is 0 Å². The molecule has 0 radical (unpaired) electrons. The maximum Gasteiger partial charge on any atom is 0.326 e. The minimum Gasteiger partial charge on any atom is -0.480 e. The van der Waals surface area contributed by atoms with Gasteiger partial charge in [0.15, 0.2) is 0 Å². The van der Waals surface area contributed by atoms with Gasteiger partial charge in [-0.15, -0.1) is 0 Å². The first-order valence-corrected chi connectivity index (χ1v) is 5.37. The second-order valence-corrected chi connectivity index (χ2v) is 3.94. The van der Waals surface area contributed by atoms with Gasteiger partial charge in [-0.2, -0.15) is 0 Å². The highest BCUT2D eigenvalue weighted by Crippen LogP contribution is 2.00. The number of nitrogens with two attached hydrogens (primary N) is 1. The van der Waals surface area contributed by atoms with Crippen LogP contribution in [0.5, 0.6) is 0 Å². The molecular formula is C10H19N3O4. The molecule has 0 aliphatic heterocycles. The van der Waals surface area contributed by atoms with Crippen molar-refractivity contribution in [2.75, 3.05) is 6.54 Å². The SMILES string of the molecule is CCC(NC(=O)N(CC(N)=O)C(C)C)C(=O)O. The summed E-state index contributed by atoms with van der Waals surface area (Å²) in [6.07, 6.45) is 0.267. The Labute approximate surface area is 100.0 Å². The summed E-state index contributed by atoms with van der Waals surface area (Å²) in [7, 11) is 0. The third-order valence-electron chi connectivity index (χ3n) is 2.21. The Morgan fingerprint density at radius 3 is 2.18 bits per heavy atom. The average Bonchev–Trinajstić information content (AvgIpc) is 2.20. The van der Waals surface area contributed by atoms with Gasteiger partial charge in [0, 0.05) is 6.04 Å². The first kappa shape index (κ1) is 15.2. The molecule has 0 saturated carbocycles. The number of nitrogens with one attached hydrogen (secondary N) is 1. The highest BCUT2D eigenvalue weighted by atomic mass is 16.4. The zero-order valence-corrected chi connectivity index (χ0v) is 10.3. The minimum absolute atomic E-state index is 0.237. The van der Waals surface area contributed by atoms with Crippen molar-refractivity contribution in [3.05, 3.63) is 0 Å². The Morgan fingerprint density at radius 1 is 1.35 bits per heavy atom. The quantitative estimate of drug-likeness (QED) is 0.599. The number of amides is 3. The van der Waals surface area contributed by atoms with Crippen LogP contribution in [0, 0.1) is 0 Å². The van der Waals surface area contributed by atoms with E-state index >= 15 is 0 Å². The molecule has 0 rings (SSSR count). The summed E-state index contributed by atoms with van der Waals surface area (Å²) in [4.78, 5) is 34.5. The van der Waals surface area contributed by atoms with E-state index in [9.17, 15) is 14.4 Å². The van der Waals surface area contributed by atoms with Gasteiger partial charge in [-0.3, -0.25) is 4.79 Å². The van der Waals surface area contributed by atoms with Gasteiger partial charge in [0.2, 0.25) is 5.91 Å². The monoisotopic (exact) mass is 245 g/mol. The zero-order valence-electron chi connectivity index (χ0n) is 10.3. The van der Waals surface area contributed by atoms with E-state index < -0.39 is 23.9 Å². The molecule has 98 valence electrons. The number of hydrogen-bond donors (Lipinski definition) is 3. The highest BCUT2D eigenvalue weighted by molar-refractivity contribution is 5.86. The van der Waals surface area contributed by atoms with Crippen LogP contribution in [0.15, 0.2) is 0 Å². The third kappa shape index (κ3) is 5.19. The van der Waals surface area contributed by atoms with Crippen LogP contribution in [0.2, 0.25) is 0 Å². The predicted octanol–water partition coefficient (Wildman–Crippen LogP) is -0.245. The van der Waals surface area contributed by atoms with Crippen molar-refractivity contribution < 1.29 is 19.5 Å². The van der Waals surface area contributed by atoms with Crippen molar-refractivity contribution in [1.82, 2.24) is 10.2 Å². The fraction of sp³-hybridized carbons (Fsp3) is 0.700. The van der Waals surface area contributed by atoms with Gasteiger partial charge < -0.3 is 21.1 Å². The lowest BCUT2D eigenvalue weighted by molar-refractivity contribution is -0.139. The summed E-state index contributed by atoms with van der Waals surface area (Å²) in [5.74, 6) is -1.75. The van der Waals surface area contributed by atoms with Gasteiger partial charge in [-0.25, -0.2) is 9.59 Å². The number of urea groups is 1. The summed E-state index contributed by atoms with van der Waals surface area (Å²) in [5, 5.41) is 11.1. The molecule has 1 atom stereocenters. The Hall–Kier alpha value is -1.79. The average molecular weight is 245 g/mol. The van der Waals surface area contributed by atoms with Crippen LogP contribution in [0.4, 0.5) is 4.79 Å². The van der Waals surface area contributed by atoms with Crippen LogP contribution in [-0.2, 0) is 9.59 Å². The smallest absolute Gasteiger partial charge is 0.326 e. The largest absolute Gasteiger partial charge is 0.480 e. The standard InChI is InChI=1S/C10H19N3O4/c1-4-7(9(15)16)12-10(17)13(6(2)3)5-8(11)14/h6-7H,4-5H2,1-3H3,(H2,11,14)(H,12,17)(H,15,16). The van der Waals surface area contributed by atoms with E-state index in [0.717, 1.165) is 0 Å². The molecule has 0 bridgehead atoms. The molecular weight excluding hydrogens is 226 g/mol. The first-order valence-electron chi connectivity index (χ1n) is 5.37. The lowest BCUT2D eigenvalue weighted by Crippen LogP contribution is -2.52. The van der Waals surface area contributed by atoms with Crippen molar-refractivity contribution in [3.63, 3.8) is 0 Å². The number of carboxylic acid groups (broad SMARTS) is 1. The maximum atomic E-state index is 11.7. The molecule has 0 aromatic rings. The molecule has 0 heterocycles. The lowest BCUT2D eigenvalue weighted by atomic mass is 10.2. The van der Waals surface area contributed by atoms with Crippen molar-refractivity contribution in [2.24, 2.45) is 5.73 Å². The van der Waals surface area contributed by atoms with E-state index in [1.165, 1.54) is 4.90 Å². The molecule has 17 heavy (non-hydrogen) atoms. The predicted molar refractivity (Wildman–Crippen MR) is 61.3 cm³/mol. The Morgan fingerprint density at radius 2 is 1.88 bits per heavy atom. The third-order valence-corrected chi connectivity index (χ3v) is 2.21. The molecule has 7 nitrogen and oxygen atoms in total. The molecule has 7 heteroatoms. The molecule has 3 amide bonds. The van der Waals surface area contributed by atoms with E-state index in [-0.39, 0.29) is 19.0 Å². The maximum absolute atomic E-state index is 11.7. The Kier molecular flexibility index (Phi) is 6.01. The van der Waals surface area contributed by atoms with E-state index in [0.29, 0.717) is 0 Å². The van der Waals surface area contributed by atoms with Crippen LogP contribution in [0.1, 0.15) is 27.2 Å². The van der Waals surface area contributed by atoms with Crippen LogP contribution in [0.3, 0.4) is 0 Å². The number of carbonyl (C=O) groups is 3. The molecule has 0 aromatic heterocycles. The van der Waals surface area contributed by atoms with Crippen LogP contribution in [-0.4, -0.2) is 46.5 Å². The fourth-order valence-electron chi connectivity index (χ4n) is 1.23.